The van der Waals surface area contributed by atoms with Gasteiger partial charge in [-0.15, -0.1) is 10.2 Å². The van der Waals surface area contributed by atoms with Crippen LogP contribution in [0.2, 0.25) is 5.02 Å². The number of nitrogens with zero attached hydrogens (tertiary/aromatic N) is 3. The molecule has 0 bridgehead atoms. The molecule has 0 aliphatic heterocycles. The maximum Gasteiger partial charge on any atom is 0.387 e. The first-order chi connectivity index (χ1) is 14.1. The fourth-order valence-electron chi connectivity index (χ4n) is 2.88. The molecule has 1 heterocycles. The van der Waals surface area contributed by atoms with Crippen molar-refractivity contribution in [2.45, 2.75) is 43.0 Å². The van der Waals surface area contributed by atoms with Crippen LogP contribution in [0.15, 0.2) is 53.7 Å². The SMILES string of the molecule is FC(F)Oc1ccccc1CSc1nnc(COc2ccccc2Cl)n1C1CC1. The quantitative estimate of drug-likeness (QED) is 0.399. The summed E-state index contributed by atoms with van der Waals surface area (Å²) in [6, 6.07) is 14.4. The van der Waals surface area contributed by atoms with E-state index in [9.17, 15) is 8.78 Å². The number of thioether (sulfide) groups is 1. The Morgan fingerprint density at radius 3 is 2.52 bits per heavy atom. The predicted octanol–water partition coefficient (Wildman–Crippen LogP) is 5.74. The minimum atomic E-state index is -2.86. The van der Waals surface area contributed by atoms with E-state index in [4.69, 9.17) is 16.3 Å². The van der Waals surface area contributed by atoms with Crippen molar-refractivity contribution in [1.82, 2.24) is 14.8 Å². The second-order valence-corrected chi connectivity index (χ2v) is 7.84. The van der Waals surface area contributed by atoms with Crippen molar-refractivity contribution >= 4 is 23.4 Å². The molecule has 1 saturated carbocycles. The average molecular weight is 438 g/mol. The number of ether oxygens (including phenoxy) is 2. The third-order valence-corrected chi connectivity index (χ3v) is 5.69. The highest BCUT2D eigenvalue weighted by Crippen LogP contribution is 2.40. The molecular weight excluding hydrogens is 420 g/mol. The van der Waals surface area contributed by atoms with Crippen molar-refractivity contribution in [2.75, 3.05) is 0 Å². The lowest BCUT2D eigenvalue weighted by Crippen LogP contribution is -2.07. The van der Waals surface area contributed by atoms with Crippen molar-refractivity contribution in [3.8, 4) is 11.5 Å². The summed E-state index contributed by atoms with van der Waals surface area (Å²) in [5.41, 5.74) is 0.678. The molecule has 0 atom stereocenters. The standard InChI is InChI=1S/C20H18ClF2N3O2S/c21-15-6-2-4-8-17(15)27-11-18-24-25-20(26(18)14-9-10-14)29-12-13-5-1-3-7-16(13)28-19(22)23/h1-8,14,19H,9-12H2. The van der Waals surface area contributed by atoms with Crippen LogP contribution in [0.3, 0.4) is 0 Å². The van der Waals surface area contributed by atoms with Gasteiger partial charge in [0.15, 0.2) is 11.0 Å². The van der Waals surface area contributed by atoms with E-state index in [1.165, 1.54) is 17.8 Å². The molecule has 5 nitrogen and oxygen atoms in total. The summed E-state index contributed by atoms with van der Waals surface area (Å²) >= 11 is 7.58. The molecule has 0 amide bonds. The molecule has 0 unspecified atom stereocenters. The summed E-state index contributed by atoms with van der Waals surface area (Å²) in [4.78, 5) is 0. The van der Waals surface area contributed by atoms with Gasteiger partial charge < -0.3 is 9.47 Å². The highest BCUT2D eigenvalue weighted by molar-refractivity contribution is 7.98. The lowest BCUT2D eigenvalue weighted by Gasteiger charge is -2.12. The Bertz CT molecular complexity index is 982. The molecule has 152 valence electrons. The monoisotopic (exact) mass is 437 g/mol. The van der Waals surface area contributed by atoms with Gasteiger partial charge in [-0.05, 0) is 31.0 Å². The molecule has 0 spiro atoms. The molecule has 1 aliphatic rings. The van der Waals surface area contributed by atoms with Gasteiger partial charge in [0.25, 0.3) is 0 Å². The summed E-state index contributed by atoms with van der Waals surface area (Å²) < 4.78 is 37.7. The second kappa shape index (κ2) is 9.00. The third-order valence-electron chi connectivity index (χ3n) is 4.39. The van der Waals surface area contributed by atoms with Gasteiger partial charge >= 0.3 is 6.61 Å². The Labute approximate surface area is 176 Å². The van der Waals surface area contributed by atoms with Crippen LogP contribution in [0.1, 0.15) is 30.3 Å². The van der Waals surface area contributed by atoms with Gasteiger partial charge in [0.2, 0.25) is 0 Å². The van der Waals surface area contributed by atoms with Crippen LogP contribution < -0.4 is 9.47 Å². The largest absolute Gasteiger partial charge is 0.484 e. The van der Waals surface area contributed by atoms with Crippen LogP contribution in [0.25, 0.3) is 0 Å². The van der Waals surface area contributed by atoms with Crippen molar-refractivity contribution < 1.29 is 18.3 Å². The minimum absolute atomic E-state index is 0.176. The first kappa shape index (κ1) is 20.0. The van der Waals surface area contributed by atoms with Crippen LogP contribution in [-0.2, 0) is 12.4 Å². The van der Waals surface area contributed by atoms with E-state index in [1.807, 2.05) is 12.1 Å². The van der Waals surface area contributed by atoms with Gasteiger partial charge in [-0.3, -0.25) is 4.57 Å². The second-order valence-electron chi connectivity index (χ2n) is 6.49. The normalized spacial score (nSPS) is 13.7. The number of alkyl halides is 2. The summed E-state index contributed by atoms with van der Waals surface area (Å²) in [6.07, 6.45) is 2.10. The van der Waals surface area contributed by atoms with Crippen molar-refractivity contribution in [3.63, 3.8) is 0 Å². The van der Waals surface area contributed by atoms with Crippen LogP contribution in [0.5, 0.6) is 11.5 Å². The number of benzene rings is 2. The zero-order chi connectivity index (χ0) is 20.2. The summed E-state index contributed by atoms with van der Waals surface area (Å²) in [5, 5.41) is 9.84. The number of aromatic nitrogens is 3. The molecule has 29 heavy (non-hydrogen) atoms. The maximum atomic E-state index is 12.6. The molecule has 1 aromatic heterocycles. The number of hydrogen-bond acceptors (Lipinski definition) is 5. The van der Waals surface area contributed by atoms with Gasteiger partial charge in [0.1, 0.15) is 18.1 Å². The highest BCUT2D eigenvalue weighted by atomic mass is 35.5. The van der Waals surface area contributed by atoms with E-state index in [-0.39, 0.29) is 12.4 Å². The number of para-hydroxylation sites is 2. The zero-order valence-corrected chi connectivity index (χ0v) is 16.9. The topological polar surface area (TPSA) is 49.2 Å². The zero-order valence-electron chi connectivity index (χ0n) is 15.3. The number of hydrogen-bond donors (Lipinski definition) is 0. The molecular formula is C20H18ClF2N3O2S. The van der Waals surface area contributed by atoms with Crippen LogP contribution >= 0.6 is 23.4 Å². The molecule has 3 aromatic rings. The lowest BCUT2D eigenvalue weighted by atomic mass is 10.2. The molecule has 2 aromatic carbocycles. The Morgan fingerprint density at radius 1 is 1.07 bits per heavy atom. The van der Waals surface area contributed by atoms with Gasteiger partial charge in [0.05, 0.1) is 5.02 Å². The molecule has 4 rings (SSSR count). The van der Waals surface area contributed by atoms with Crippen molar-refractivity contribution in [1.29, 1.82) is 0 Å². The van der Waals surface area contributed by atoms with Gasteiger partial charge in [0, 0.05) is 17.4 Å². The molecule has 0 N–H and O–H groups in total. The van der Waals surface area contributed by atoms with Gasteiger partial charge in [-0.1, -0.05) is 53.7 Å². The molecule has 9 heteroatoms. The smallest absolute Gasteiger partial charge is 0.387 e. The Balaban J connectivity index is 1.47. The van der Waals surface area contributed by atoms with Gasteiger partial charge in [-0.2, -0.15) is 8.78 Å². The first-order valence-corrected chi connectivity index (χ1v) is 10.4. The van der Waals surface area contributed by atoms with Crippen molar-refractivity contribution in [3.05, 3.63) is 64.9 Å². The third kappa shape index (κ3) is 5.00. The van der Waals surface area contributed by atoms with Gasteiger partial charge in [-0.25, -0.2) is 0 Å². The first-order valence-electron chi connectivity index (χ1n) is 9.08. The average Bonchev–Trinajstić information content (AvgIpc) is 3.46. The minimum Gasteiger partial charge on any atom is -0.484 e. The summed E-state index contributed by atoms with van der Waals surface area (Å²) in [6.45, 7) is -2.61. The van der Waals surface area contributed by atoms with Crippen LogP contribution in [0, 0.1) is 0 Å². The van der Waals surface area contributed by atoms with Crippen molar-refractivity contribution in [2.24, 2.45) is 0 Å². The van der Waals surface area contributed by atoms with E-state index < -0.39 is 6.61 Å². The van der Waals surface area contributed by atoms with E-state index in [1.54, 1.807) is 30.3 Å². The summed E-state index contributed by atoms with van der Waals surface area (Å²) in [7, 11) is 0. The Kier molecular flexibility index (Phi) is 6.20. The number of rotatable bonds is 9. The number of halogens is 3. The lowest BCUT2D eigenvalue weighted by molar-refractivity contribution is -0.0503. The predicted molar refractivity (Wildman–Crippen MR) is 107 cm³/mol. The fraction of sp³-hybridized carbons (Fsp3) is 0.300. The fourth-order valence-corrected chi connectivity index (χ4v) is 4.09. The molecule has 1 aliphatic carbocycles. The van der Waals surface area contributed by atoms with Crippen LogP contribution in [-0.4, -0.2) is 21.4 Å². The van der Waals surface area contributed by atoms with E-state index in [2.05, 4.69) is 19.5 Å². The molecule has 1 fully saturated rings. The van der Waals surface area contributed by atoms with E-state index in [0.29, 0.717) is 34.0 Å². The summed E-state index contributed by atoms with van der Waals surface area (Å²) in [5.74, 6) is 1.92. The maximum absolute atomic E-state index is 12.6. The molecule has 0 radical (unpaired) electrons. The highest BCUT2D eigenvalue weighted by Gasteiger charge is 2.30. The van der Waals surface area contributed by atoms with Crippen LogP contribution in [0.4, 0.5) is 8.78 Å². The Hall–Kier alpha value is -2.32. The Morgan fingerprint density at radius 2 is 1.79 bits per heavy atom. The van der Waals surface area contributed by atoms with E-state index in [0.717, 1.165) is 18.0 Å². The molecule has 0 saturated heterocycles. The van der Waals surface area contributed by atoms with E-state index >= 15 is 0 Å².